The predicted octanol–water partition coefficient (Wildman–Crippen LogP) is 3.12. The van der Waals surface area contributed by atoms with Crippen molar-refractivity contribution in [1.82, 2.24) is 19.0 Å². The maximum absolute atomic E-state index is 14.8. The number of methoxy groups -OCH3 is 1. The molecule has 168 valence electrons. The van der Waals surface area contributed by atoms with E-state index in [1.165, 1.54) is 30.0 Å². The van der Waals surface area contributed by atoms with Crippen LogP contribution < -0.4 is 9.46 Å². The Hall–Kier alpha value is -3.51. The summed E-state index contributed by atoms with van der Waals surface area (Å²) in [5.41, 5.74) is 2.07. The minimum atomic E-state index is -4.16. The lowest BCUT2D eigenvalue weighted by Gasteiger charge is -2.24. The fourth-order valence-corrected chi connectivity index (χ4v) is 4.61. The molecule has 2 aromatic heterocycles. The van der Waals surface area contributed by atoms with Gasteiger partial charge in [0.15, 0.2) is 0 Å². The molecule has 0 saturated carbocycles. The number of hydrogen-bond acceptors (Lipinski definition) is 5. The lowest BCUT2D eigenvalue weighted by molar-refractivity contribution is 0.200. The van der Waals surface area contributed by atoms with Crippen LogP contribution in [0, 0.1) is 11.6 Å². The Labute approximate surface area is 181 Å². The molecule has 0 radical (unpaired) electrons. The van der Waals surface area contributed by atoms with E-state index in [-0.39, 0.29) is 30.6 Å². The van der Waals surface area contributed by atoms with Crippen molar-refractivity contribution in [2.45, 2.75) is 6.42 Å². The Bertz CT molecular complexity index is 1350. The third-order valence-corrected chi connectivity index (χ3v) is 6.56. The summed E-state index contributed by atoms with van der Waals surface area (Å²) in [7, 11) is -2.75. The Morgan fingerprint density at radius 1 is 1.31 bits per heavy atom. The zero-order valence-corrected chi connectivity index (χ0v) is 17.5. The Morgan fingerprint density at radius 2 is 2.09 bits per heavy atom. The van der Waals surface area contributed by atoms with E-state index in [0.717, 1.165) is 16.1 Å². The number of rotatable bonds is 5. The molecule has 1 amide bonds. The van der Waals surface area contributed by atoms with Crippen LogP contribution in [0.5, 0.6) is 5.75 Å². The largest absolute Gasteiger partial charge is 0.496 e. The van der Waals surface area contributed by atoms with Gasteiger partial charge in [-0.15, -0.1) is 0 Å². The van der Waals surface area contributed by atoms with Gasteiger partial charge in [0.1, 0.15) is 23.0 Å². The molecule has 1 aromatic carbocycles. The van der Waals surface area contributed by atoms with Gasteiger partial charge in [-0.1, -0.05) is 6.08 Å². The molecule has 3 heterocycles. The molecule has 0 saturated heterocycles. The number of carboxylic acid groups (broad SMARTS) is 1. The molecule has 0 unspecified atom stereocenters. The summed E-state index contributed by atoms with van der Waals surface area (Å²) in [5, 5.41) is 9.09. The third-order valence-electron chi connectivity index (χ3n) is 5.12. The number of nitrogens with zero attached hydrogens (tertiary/aromatic N) is 2. The molecule has 0 bridgehead atoms. The van der Waals surface area contributed by atoms with E-state index in [2.05, 4.69) is 9.97 Å². The second-order valence-electron chi connectivity index (χ2n) is 7.02. The molecule has 0 atom stereocenters. The summed E-state index contributed by atoms with van der Waals surface area (Å²) in [6.07, 6.45) is 1.29. The van der Waals surface area contributed by atoms with Gasteiger partial charge in [0.05, 0.1) is 13.3 Å². The standard InChI is InChI=1S/C20H18F2N4O5S/c1-31-17-3-2-12(21)8-13(17)18-14-9-16(24-19(14)23-10-15(18)22)11-4-6-26(7-5-11)32(29,30)25-20(27)28/h2-4,8-10,25H,5-7H2,1H3,(H,23,24)(H,27,28). The Kier molecular flexibility index (Phi) is 5.57. The number of hydrogen-bond donors (Lipinski definition) is 3. The van der Waals surface area contributed by atoms with Gasteiger partial charge in [-0.25, -0.2) is 23.3 Å². The lowest BCUT2D eigenvalue weighted by atomic mass is 10.0. The van der Waals surface area contributed by atoms with Crippen molar-refractivity contribution in [3.05, 3.63) is 53.9 Å². The van der Waals surface area contributed by atoms with Crippen LogP contribution in [0.4, 0.5) is 13.6 Å². The monoisotopic (exact) mass is 464 g/mol. The number of fused-ring (bicyclic) bond motifs is 1. The van der Waals surface area contributed by atoms with E-state index in [1.807, 2.05) is 0 Å². The van der Waals surface area contributed by atoms with Crippen molar-refractivity contribution in [2.24, 2.45) is 0 Å². The third kappa shape index (κ3) is 4.01. The van der Waals surface area contributed by atoms with Crippen LogP contribution in [0.15, 0.2) is 36.5 Å². The first-order chi connectivity index (χ1) is 15.2. The quantitative estimate of drug-likeness (QED) is 0.533. The van der Waals surface area contributed by atoms with Gasteiger partial charge in [-0.05, 0) is 36.3 Å². The number of aromatic nitrogens is 2. The van der Waals surface area contributed by atoms with Crippen LogP contribution in [-0.2, 0) is 10.2 Å². The number of benzene rings is 1. The smallest absolute Gasteiger partial charge is 0.419 e. The molecule has 0 fully saturated rings. The van der Waals surface area contributed by atoms with Crippen molar-refractivity contribution >= 4 is 32.9 Å². The number of amides is 1. The fourth-order valence-electron chi connectivity index (χ4n) is 3.66. The number of ether oxygens (including phenoxy) is 1. The summed E-state index contributed by atoms with van der Waals surface area (Å²) < 4.78 is 60.5. The summed E-state index contributed by atoms with van der Waals surface area (Å²) in [4.78, 5) is 17.8. The molecule has 32 heavy (non-hydrogen) atoms. The summed E-state index contributed by atoms with van der Waals surface area (Å²) >= 11 is 0. The van der Waals surface area contributed by atoms with E-state index in [0.29, 0.717) is 22.5 Å². The summed E-state index contributed by atoms with van der Waals surface area (Å²) in [6, 6.07) is 5.47. The van der Waals surface area contributed by atoms with Crippen LogP contribution in [0.1, 0.15) is 12.1 Å². The van der Waals surface area contributed by atoms with Crippen LogP contribution in [0.3, 0.4) is 0 Å². The zero-order chi connectivity index (χ0) is 23.0. The number of halogens is 2. The van der Waals surface area contributed by atoms with Crippen LogP contribution in [0.25, 0.3) is 27.7 Å². The van der Waals surface area contributed by atoms with Gasteiger partial charge in [-0.2, -0.15) is 12.7 Å². The predicted molar refractivity (Wildman–Crippen MR) is 112 cm³/mol. The van der Waals surface area contributed by atoms with Crippen molar-refractivity contribution in [1.29, 1.82) is 0 Å². The highest BCUT2D eigenvalue weighted by atomic mass is 32.2. The maximum atomic E-state index is 14.8. The first-order valence-electron chi connectivity index (χ1n) is 9.41. The maximum Gasteiger partial charge on any atom is 0.419 e. The number of H-pyrrole nitrogens is 1. The zero-order valence-electron chi connectivity index (χ0n) is 16.7. The number of aromatic amines is 1. The second kappa shape index (κ2) is 8.20. The van der Waals surface area contributed by atoms with E-state index in [1.54, 1.807) is 12.1 Å². The Morgan fingerprint density at radius 3 is 2.75 bits per heavy atom. The van der Waals surface area contributed by atoms with Crippen molar-refractivity contribution < 1.29 is 31.8 Å². The van der Waals surface area contributed by atoms with Crippen molar-refractivity contribution in [3.63, 3.8) is 0 Å². The number of nitrogens with one attached hydrogen (secondary N) is 2. The molecule has 4 rings (SSSR count). The molecule has 1 aliphatic heterocycles. The van der Waals surface area contributed by atoms with Gasteiger partial charge in [0, 0.05) is 35.3 Å². The van der Waals surface area contributed by atoms with Gasteiger partial charge >= 0.3 is 16.3 Å². The highest BCUT2D eigenvalue weighted by Crippen LogP contribution is 2.38. The second-order valence-corrected chi connectivity index (χ2v) is 8.69. The average molecular weight is 464 g/mol. The molecule has 0 spiro atoms. The van der Waals surface area contributed by atoms with E-state index < -0.39 is 27.9 Å². The molecule has 9 nitrogen and oxygen atoms in total. The fraction of sp³-hybridized carbons (Fsp3) is 0.200. The van der Waals surface area contributed by atoms with Gasteiger partial charge in [0.2, 0.25) is 0 Å². The van der Waals surface area contributed by atoms with Crippen LogP contribution in [-0.4, -0.2) is 54.1 Å². The average Bonchev–Trinajstić information content (AvgIpc) is 3.17. The van der Waals surface area contributed by atoms with Crippen molar-refractivity contribution in [2.75, 3.05) is 20.2 Å². The van der Waals surface area contributed by atoms with E-state index >= 15 is 0 Å². The molecule has 12 heteroatoms. The minimum absolute atomic E-state index is 0.0420. The molecule has 3 aromatic rings. The van der Waals surface area contributed by atoms with Gasteiger partial charge < -0.3 is 14.8 Å². The summed E-state index contributed by atoms with van der Waals surface area (Å²) in [5.74, 6) is -0.905. The van der Waals surface area contributed by atoms with Crippen LogP contribution in [0.2, 0.25) is 0 Å². The van der Waals surface area contributed by atoms with E-state index in [4.69, 9.17) is 9.84 Å². The van der Waals surface area contributed by atoms with Gasteiger partial charge in [0.25, 0.3) is 0 Å². The van der Waals surface area contributed by atoms with E-state index in [9.17, 15) is 22.0 Å². The van der Waals surface area contributed by atoms with Gasteiger partial charge in [-0.3, -0.25) is 0 Å². The highest BCUT2D eigenvalue weighted by Gasteiger charge is 2.27. The molecule has 3 N–H and O–H groups in total. The first kappa shape index (κ1) is 21.7. The normalized spacial score (nSPS) is 14.9. The molecule has 1 aliphatic rings. The number of carbonyl (C=O) groups is 1. The topological polar surface area (TPSA) is 125 Å². The first-order valence-corrected chi connectivity index (χ1v) is 10.8. The number of pyridine rings is 1. The Balaban J connectivity index is 1.73. The SMILES string of the molecule is COc1ccc(F)cc1-c1c(F)cnc2[nH]c(C3=CCN(S(=O)(=O)NC(=O)O)CC3)cc12. The summed E-state index contributed by atoms with van der Waals surface area (Å²) in [6.45, 7) is 0.00978. The molecular formula is C20H18F2N4O5S. The minimum Gasteiger partial charge on any atom is -0.496 e. The molecule has 0 aliphatic carbocycles. The van der Waals surface area contributed by atoms with Crippen molar-refractivity contribution in [3.8, 4) is 16.9 Å². The highest BCUT2D eigenvalue weighted by molar-refractivity contribution is 7.87. The molecular weight excluding hydrogens is 446 g/mol. The lowest BCUT2D eigenvalue weighted by Crippen LogP contribution is -2.44. The van der Waals surface area contributed by atoms with Crippen LogP contribution >= 0.6 is 0 Å².